The highest BCUT2D eigenvalue weighted by Crippen LogP contribution is 2.32. The van der Waals surface area contributed by atoms with Crippen LogP contribution in [0.15, 0.2) is 22.7 Å². The number of benzene rings is 1. The first-order valence-corrected chi connectivity index (χ1v) is 8.75. The molecule has 0 bridgehead atoms. The third-order valence-corrected chi connectivity index (χ3v) is 5.42. The first-order valence-electron chi connectivity index (χ1n) is 7.14. The summed E-state index contributed by atoms with van der Waals surface area (Å²) in [6.07, 6.45) is 0. The molecular weight excluding hydrogens is 395 g/mol. The zero-order valence-electron chi connectivity index (χ0n) is 13.1. The second-order valence-corrected chi connectivity index (χ2v) is 7.23. The largest absolute Gasteiger partial charge is 0.272 e. The Morgan fingerprint density at radius 2 is 1.96 bits per heavy atom. The fourth-order valence-electron chi connectivity index (χ4n) is 2.62. The molecule has 0 radical (unpaired) electrons. The van der Waals surface area contributed by atoms with Gasteiger partial charge in [0.25, 0.3) is 0 Å². The smallest absolute Gasteiger partial charge is 0.235 e. The first-order chi connectivity index (χ1) is 11.5. The Kier molecular flexibility index (Phi) is 3.50. The standard InChI is InChI=1S/C15H12BrFN6S/c1-7-12(8(2)22(3)20-7)14-21-23-13(18-19-15(23)24-14)9-4-5-11(17)10(16)6-9/h4-6H,1-3H3. The molecule has 4 aromatic rings. The summed E-state index contributed by atoms with van der Waals surface area (Å²) in [6, 6.07) is 4.73. The lowest BCUT2D eigenvalue weighted by molar-refractivity contribution is 0.621. The van der Waals surface area contributed by atoms with Crippen molar-refractivity contribution in [3.8, 4) is 22.0 Å². The molecule has 0 saturated carbocycles. The van der Waals surface area contributed by atoms with Crippen LogP contribution in [0.4, 0.5) is 4.39 Å². The van der Waals surface area contributed by atoms with E-state index in [1.807, 2.05) is 25.6 Å². The third kappa shape index (κ3) is 2.27. The maximum atomic E-state index is 13.5. The monoisotopic (exact) mass is 406 g/mol. The van der Waals surface area contributed by atoms with Crippen LogP contribution < -0.4 is 0 Å². The summed E-state index contributed by atoms with van der Waals surface area (Å²) in [7, 11) is 1.91. The van der Waals surface area contributed by atoms with Gasteiger partial charge in [-0.25, -0.2) is 4.39 Å². The molecule has 0 amide bonds. The number of hydrogen-bond acceptors (Lipinski definition) is 5. The van der Waals surface area contributed by atoms with Gasteiger partial charge in [-0.1, -0.05) is 11.3 Å². The van der Waals surface area contributed by atoms with Crippen LogP contribution in [0.3, 0.4) is 0 Å². The highest BCUT2D eigenvalue weighted by atomic mass is 79.9. The maximum Gasteiger partial charge on any atom is 0.235 e. The van der Waals surface area contributed by atoms with Gasteiger partial charge in [-0.05, 0) is 48.0 Å². The van der Waals surface area contributed by atoms with E-state index in [9.17, 15) is 4.39 Å². The minimum atomic E-state index is -0.319. The van der Waals surface area contributed by atoms with Crippen molar-refractivity contribution < 1.29 is 4.39 Å². The lowest BCUT2D eigenvalue weighted by Gasteiger charge is -1.99. The molecule has 0 aliphatic rings. The zero-order chi connectivity index (χ0) is 17.0. The van der Waals surface area contributed by atoms with Crippen molar-refractivity contribution >= 4 is 32.2 Å². The molecule has 0 spiro atoms. The topological polar surface area (TPSA) is 60.9 Å². The first kappa shape index (κ1) is 15.4. The Labute approximate surface area is 149 Å². The summed E-state index contributed by atoms with van der Waals surface area (Å²) in [5.74, 6) is 0.257. The van der Waals surface area contributed by atoms with Crippen LogP contribution in [0.1, 0.15) is 11.4 Å². The molecular formula is C15H12BrFN6S. The summed E-state index contributed by atoms with van der Waals surface area (Å²) in [5, 5.41) is 18.3. The Hall–Kier alpha value is -2.13. The van der Waals surface area contributed by atoms with Gasteiger partial charge in [0.05, 0.1) is 15.7 Å². The quantitative estimate of drug-likeness (QED) is 0.508. The van der Waals surface area contributed by atoms with Crippen LogP contribution in [-0.4, -0.2) is 29.6 Å². The lowest BCUT2D eigenvalue weighted by Crippen LogP contribution is -1.94. The van der Waals surface area contributed by atoms with E-state index < -0.39 is 0 Å². The van der Waals surface area contributed by atoms with Gasteiger partial charge in [0, 0.05) is 18.3 Å². The molecule has 24 heavy (non-hydrogen) atoms. The molecule has 3 heterocycles. The summed E-state index contributed by atoms with van der Waals surface area (Å²) in [5.41, 5.74) is 3.72. The van der Waals surface area contributed by atoms with Crippen LogP contribution in [-0.2, 0) is 7.05 Å². The fourth-order valence-corrected chi connectivity index (χ4v) is 3.98. The number of fused-ring (bicyclic) bond motifs is 1. The number of rotatable bonds is 2. The molecule has 0 N–H and O–H groups in total. The number of halogens is 2. The van der Waals surface area contributed by atoms with E-state index >= 15 is 0 Å². The number of nitrogens with zero attached hydrogens (tertiary/aromatic N) is 6. The Morgan fingerprint density at radius 1 is 1.17 bits per heavy atom. The van der Waals surface area contributed by atoms with Gasteiger partial charge < -0.3 is 0 Å². The molecule has 0 saturated heterocycles. The molecule has 9 heteroatoms. The normalized spacial score (nSPS) is 11.5. The third-order valence-electron chi connectivity index (χ3n) is 3.89. The van der Waals surface area contributed by atoms with Crippen LogP contribution in [0.25, 0.3) is 26.9 Å². The SMILES string of the molecule is Cc1nn(C)c(C)c1-c1nn2c(-c3ccc(F)c(Br)c3)nnc2s1. The minimum Gasteiger partial charge on any atom is -0.272 e. The molecule has 3 aromatic heterocycles. The molecule has 0 atom stereocenters. The molecule has 0 fully saturated rings. The van der Waals surface area contributed by atoms with E-state index in [0.717, 1.165) is 27.5 Å². The Bertz CT molecular complexity index is 1080. The van der Waals surface area contributed by atoms with E-state index in [1.165, 1.54) is 17.4 Å². The molecule has 1 aromatic carbocycles. The van der Waals surface area contributed by atoms with Crippen molar-refractivity contribution in [2.45, 2.75) is 13.8 Å². The van der Waals surface area contributed by atoms with Gasteiger partial charge in [0.1, 0.15) is 5.82 Å². The van der Waals surface area contributed by atoms with Gasteiger partial charge in [0.15, 0.2) is 10.8 Å². The number of aryl methyl sites for hydroxylation is 2. The molecule has 6 nitrogen and oxygen atoms in total. The van der Waals surface area contributed by atoms with Crippen molar-refractivity contribution in [1.29, 1.82) is 0 Å². The van der Waals surface area contributed by atoms with Crippen molar-refractivity contribution in [2.24, 2.45) is 7.05 Å². The lowest BCUT2D eigenvalue weighted by atomic mass is 10.2. The summed E-state index contributed by atoms with van der Waals surface area (Å²) in [4.78, 5) is 0.683. The highest BCUT2D eigenvalue weighted by Gasteiger charge is 2.19. The van der Waals surface area contributed by atoms with E-state index in [4.69, 9.17) is 0 Å². The van der Waals surface area contributed by atoms with E-state index in [2.05, 4.69) is 36.3 Å². The van der Waals surface area contributed by atoms with Crippen molar-refractivity contribution in [3.05, 3.63) is 39.9 Å². The second kappa shape index (κ2) is 5.45. The number of hydrogen-bond donors (Lipinski definition) is 0. The molecule has 0 aliphatic heterocycles. The Balaban J connectivity index is 1.88. The van der Waals surface area contributed by atoms with Crippen LogP contribution in [0.2, 0.25) is 0 Å². The Morgan fingerprint density at radius 3 is 2.62 bits per heavy atom. The second-order valence-electron chi connectivity index (χ2n) is 5.42. The van der Waals surface area contributed by atoms with Crippen LogP contribution >= 0.6 is 27.3 Å². The summed E-state index contributed by atoms with van der Waals surface area (Å²) >= 11 is 4.65. The number of aromatic nitrogens is 6. The van der Waals surface area contributed by atoms with Gasteiger partial charge in [-0.2, -0.15) is 14.7 Å². The van der Waals surface area contributed by atoms with Crippen LogP contribution in [0.5, 0.6) is 0 Å². The summed E-state index contributed by atoms with van der Waals surface area (Å²) in [6.45, 7) is 3.97. The minimum absolute atomic E-state index is 0.319. The van der Waals surface area contributed by atoms with Gasteiger partial charge in [-0.15, -0.1) is 10.2 Å². The summed E-state index contributed by atoms with van der Waals surface area (Å²) < 4.78 is 17.4. The fraction of sp³-hybridized carbons (Fsp3) is 0.200. The maximum absolute atomic E-state index is 13.5. The van der Waals surface area contributed by atoms with E-state index in [-0.39, 0.29) is 5.82 Å². The van der Waals surface area contributed by atoms with Crippen molar-refractivity contribution in [3.63, 3.8) is 0 Å². The zero-order valence-corrected chi connectivity index (χ0v) is 15.5. The average Bonchev–Trinajstić information content (AvgIpc) is 3.16. The molecule has 122 valence electrons. The predicted octanol–water partition coefficient (Wildman–Crippen LogP) is 3.77. The molecule has 0 aliphatic carbocycles. The average molecular weight is 407 g/mol. The van der Waals surface area contributed by atoms with Crippen molar-refractivity contribution in [2.75, 3.05) is 0 Å². The van der Waals surface area contributed by atoms with Gasteiger partial charge >= 0.3 is 0 Å². The van der Waals surface area contributed by atoms with E-state index in [1.54, 1.807) is 16.6 Å². The predicted molar refractivity (Wildman–Crippen MR) is 93.4 cm³/mol. The highest BCUT2D eigenvalue weighted by molar-refractivity contribution is 9.10. The van der Waals surface area contributed by atoms with E-state index in [0.29, 0.717) is 15.3 Å². The van der Waals surface area contributed by atoms with Crippen molar-refractivity contribution in [1.82, 2.24) is 29.6 Å². The molecule has 4 rings (SSSR count). The van der Waals surface area contributed by atoms with Gasteiger partial charge in [0.2, 0.25) is 4.96 Å². The van der Waals surface area contributed by atoms with Crippen LogP contribution in [0, 0.1) is 19.7 Å². The molecule has 0 unspecified atom stereocenters. The van der Waals surface area contributed by atoms with Gasteiger partial charge in [-0.3, -0.25) is 4.68 Å².